The fraction of sp³-hybridized carbons (Fsp3) is 0.476. The highest BCUT2D eigenvalue weighted by atomic mass is 32.7. The minimum Gasteiger partial charge on any atom is -0.397 e. The zero-order chi connectivity index (χ0) is 94.6. The van der Waals surface area contributed by atoms with Gasteiger partial charge in [-0.3, -0.25) is 83.9 Å². The van der Waals surface area contributed by atoms with E-state index < -0.39 is 231 Å². The lowest BCUT2D eigenvalue weighted by Gasteiger charge is -2.28. The Morgan fingerprint density at radius 3 is 1.07 bits per heavy atom. The maximum atomic E-state index is 16.0. The molecular weight excluding hydrogens is 2030 g/mol. The van der Waals surface area contributed by atoms with Crippen LogP contribution in [0, 0.1) is 0 Å². The van der Waals surface area contributed by atoms with E-state index in [2.05, 4.69) is 87.0 Å². The van der Waals surface area contributed by atoms with Gasteiger partial charge in [-0.2, -0.15) is 15.0 Å². The largest absolute Gasteiger partial charge is 0.397 e. The van der Waals surface area contributed by atoms with Crippen LogP contribution in [0.15, 0.2) is 89.1 Å². The van der Waals surface area contributed by atoms with Gasteiger partial charge in [0.2, 0.25) is 17.8 Å². The second kappa shape index (κ2) is 36.6. The van der Waals surface area contributed by atoms with E-state index in [1.54, 1.807) is 12.1 Å². The number of aliphatic hydroxyl groups is 4. The number of nitrogens with two attached hydrogens (primary N) is 6. The molecule has 0 radical (unpaired) electrons. The lowest BCUT2D eigenvalue weighted by atomic mass is 10.1. The number of H-pyrrole nitrogens is 3. The highest BCUT2D eigenvalue weighted by Crippen LogP contribution is 2.61. The molecule has 720 valence electrons. The molecule has 21 rings (SSSR count). The van der Waals surface area contributed by atoms with Crippen molar-refractivity contribution < 1.29 is 137 Å². The molecule has 24 N–H and O–H groups in total. The zero-order valence-corrected chi connectivity index (χ0v) is 77.6. The van der Waals surface area contributed by atoms with E-state index in [1.807, 2.05) is 0 Å². The Labute approximate surface area is 775 Å². The summed E-state index contributed by atoms with van der Waals surface area (Å²) < 4.78 is 141. The molecule has 12 aromatic rings. The maximum absolute atomic E-state index is 16.0. The molecule has 29 atom stereocenters. The van der Waals surface area contributed by atoms with Crippen molar-refractivity contribution in [2.75, 3.05) is 74.0 Å². The summed E-state index contributed by atoms with van der Waals surface area (Å²) in [7, 11) is 0. The van der Waals surface area contributed by atoms with Crippen molar-refractivity contribution in [1.29, 1.82) is 0 Å². The van der Waals surface area contributed by atoms with Crippen molar-refractivity contribution in [2.45, 2.75) is 148 Å². The summed E-state index contributed by atoms with van der Waals surface area (Å²) in [6, 6.07) is 4.66. The van der Waals surface area contributed by atoms with E-state index in [1.165, 1.54) is 90.0 Å². The molecule has 9 saturated heterocycles. The topological polar surface area (TPSA) is 804 Å². The summed E-state index contributed by atoms with van der Waals surface area (Å²) in [5.74, 6) is -0.588. The fourth-order valence-electron chi connectivity index (χ4n) is 16.1. The van der Waals surface area contributed by atoms with Gasteiger partial charge in [-0.05, 0) is 77.2 Å². The van der Waals surface area contributed by atoms with Gasteiger partial charge in [-0.25, -0.2) is 53.8 Å². The van der Waals surface area contributed by atoms with Crippen molar-refractivity contribution in [3.63, 3.8) is 0 Å². The third-order valence-electron chi connectivity index (χ3n) is 22.1. The average Bonchev–Trinajstić information content (AvgIpc) is 1.62. The van der Waals surface area contributed by atoms with E-state index in [-0.39, 0.29) is 75.7 Å². The number of aromatic nitrogens is 21. The molecule has 0 aromatic carbocycles. The number of alkyl halides is 1. The zero-order valence-electron chi connectivity index (χ0n) is 67.2. The van der Waals surface area contributed by atoms with Crippen molar-refractivity contribution in [3.05, 3.63) is 106 Å². The molecule has 58 nitrogen and oxygen atoms in total. The maximum Gasteiger partial charge on any atom is 0.386 e. The van der Waals surface area contributed by atoms with Gasteiger partial charge in [0.15, 0.2) is 94.0 Å². The molecule has 0 amide bonds. The Bertz CT molecular complexity index is 6820. The Morgan fingerprint density at radius 1 is 0.358 bits per heavy atom. The summed E-state index contributed by atoms with van der Waals surface area (Å²) in [4.78, 5) is 149. The van der Waals surface area contributed by atoms with Crippen LogP contribution in [-0.4, -0.2) is 291 Å². The number of hydrogen-bond acceptors (Lipinski definition) is 49. The van der Waals surface area contributed by atoms with Crippen molar-refractivity contribution in [2.24, 2.45) is 0 Å². The molecule has 9 fully saturated rings. The predicted octanol–water partition coefficient (Wildman–Crippen LogP) is -1.68. The minimum atomic E-state index is -4.31. The number of halogens is 1. The molecule has 0 saturated carbocycles. The average molecular weight is 2100 g/mol. The first-order chi connectivity index (χ1) is 63.5. The first-order valence-corrected chi connectivity index (χ1v) is 54.8. The van der Waals surface area contributed by atoms with E-state index in [4.69, 9.17) is 176 Å². The molecule has 9 aliphatic heterocycles. The number of ether oxygens (including phenoxy) is 6. The van der Waals surface area contributed by atoms with E-state index in [9.17, 15) is 63.8 Å². The third-order valence-corrected chi connectivity index (χ3v) is 31.5. The van der Waals surface area contributed by atoms with E-state index in [0.717, 1.165) is 0 Å². The Hall–Kier alpha value is -7.61. The summed E-state index contributed by atoms with van der Waals surface area (Å²) in [5, 5.41) is 44.9. The number of anilines is 6. The number of aliphatic hydroxyl groups excluding tert-OH is 4. The van der Waals surface area contributed by atoms with Crippen LogP contribution in [0.3, 0.4) is 0 Å². The van der Waals surface area contributed by atoms with Crippen molar-refractivity contribution in [1.82, 2.24) is 102 Å². The van der Waals surface area contributed by atoms with Gasteiger partial charge in [-0.1, -0.05) is 12.2 Å². The van der Waals surface area contributed by atoms with Crippen LogP contribution in [0.5, 0.6) is 0 Å². The van der Waals surface area contributed by atoms with Gasteiger partial charge < -0.3 is 135 Å². The van der Waals surface area contributed by atoms with Crippen LogP contribution in [0.25, 0.3) is 67.0 Å². The lowest BCUT2D eigenvalue weighted by Crippen LogP contribution is -2.36. The number of thiol groups is 1. The highest BCUT2D eigenvalue weighted by Gasteiger charge is 2.58. The molecule has 9 aliphatic rings. The van der Waals surface area contributed by atoms with Crippen molar-refractivity contribution >= 4 is 214 Å². The summed E-state index contributed by atoms with van der Waals surface area (Å²) in [6.45, 7) is -28.1. The number of pyridine rings is 3. The quantitative estimate of drug-likeness (QED) is 0.0653. The molecule has 134 heavy (non-hydrogen) atoms. The highest BCUT2D eigenvalue weighted by molar-refractivity contribution is 8.44. The number of nitrogen functional groups attached to an aromatic ring is 6. The fourth-order valence-corrected chi connectivity index (χ4v) is 24.8. The lowest BCUT2D eigenvalue weighted by molar-refractivity contribution is -0.0603. The number of aromatic amines is 3. The van der Waals surface area contributed by atoms with Gasteiger partial charge >= 0.3 is 40.4 Å². The van der Waals surface area contributed by atoms with Crippen LogP contribution in [0.1, 0.15) is 43.8 Å². The molecular formula is C63H74FN27O31P6S6. The number of hydrogen-bond donors (Lipinski definition) is 19. The van der Waals surface area contributed by atoms with Gasteiger partial charge in [0.05, 0.1) is 101 Å². The SMILES string of the molecule is Nc1nc2c(ncn2[C@@H]2O[C@@H]3COP(=O)(S)OC4[C@@H](COP(O)(=S)O[C@H]2C3O)O[C@@H](n2cnc3c(N)ccnc32)[C@H]4O)c(=O)[nH]1.Nc1nc2c(ncn2[C@@H]2O[C@@H]3COP(O)(=S)OC4[C@@H](COP(O)(=S)O[C@H]2C3)O[C@@H](n2cnc3c(N)ccnc32)[C@H]4O)c(=O)[nH]1.Nc1nc2c(ncn2[C@@H]2O[C@@H]3COP(O)(=S)OC4[C@@H](COP(O)(=S)O[C@H]2C3O)O[C@@H](n2cnc3c(N)ccnc32)[C@H]4F)c(=O)[nH]1. The normalized spacial score (nSPS) is 37.3. The summed E-state index contributed by atoms with van der Waals surface area (Å²) in [6.07, 6.45) is -18.3. The smallest absolute Gasteiger partial charge is 0.386 e. The molecule has 21 heterocycles. The molecule has 6 bridgehead atoms. The first-order valence-electron chi connectivity index (χ1n) is 39.1. The number of nitrogens with zero attached hydrogens (tertiary/aromatic N) is 18. The molecule has 0 aliphatic carbocycles. The summed E-state index contributed by atoms with van der Waals surface area (Å²) >= 11 is 30.3. The minimum absolute atomic E-state index is 0.00399. The number of fused-ring (bicyclic) bond motifs is 15. The predicted molar refractivity (Wildman–Crippen MR) is 475 cm³/mol. The van der Waals surface area contributed by atoms with Crippen LogP contribution in [0.2, 0.25) is 0 Å². The second-order valence-electron chi connectivity index (χ2n) is 30.7. The van der Waals surface area contributed by atoms with Crippen LogP contribution in [-0.2, 0) is 146 Å². The molecule has 71 heteroatoms. The van der Waals surface area contributed by atoms with E-state index in [0.29, 0.717) is 39.3 Å². The Balaban J connectivity index is 0.000000129. The number of rotatable bonds is 6. The van der Waals surface area contributed by atoms with Gasteiger partial charge in [0.25, 0.3) is 16.7 Å². The number of imidazole rings is 6. The summed E-state index contributed by atoms with van der Waals surface area (Å²) in [5.41, 5.74) is 36.0. The van der Waals surface area contributed by atoms with E-state index >= 15 is 4.39 Å². The van der Waals surface area contributed by atoms with Gasteiger partial charge in [0, 0.05) is 25.0 Å². The standard InChI is InChI=1S/C21H24FN9O10P2S2.C21H25N9O11P2S2.C21H25N9O10P2S2/c22-10-14-9(39-19(10)30-5-26-11-7(23)1-2-25-16(11)30)4-37-43(35,45)41-15-13(32)8(3-36-42(34,44)40-14)38-20(15)31-6-27-12-17(31)28-21(24)29-18(12)33;22-7-1-2-24-16-10(7)25-5-29(16)19-13(32)14-9(39-19)4-37-43(35,45)41-15-12(31)8(3-36-42(34,44)40-14)38-20(15)30-6-26-11-17(30)27-21(23)28-18(11)33;22-9-1-2-24-16-12(9)25-6-29(16)20-14(31)15-11(38-20)5-36-41(33,43)39-10-3-8(4-35-42(34,44)40-15)37-19(10)30-7-26-13-17(30)27-21(23)28-18(13)32/h1-2,5-6,8-10,13-15,19-20,32H,3-4H2,(H2,23,25)(H,34,44)(H,35,45)(H3,24,28,29,33);1-2,5-6,8-9,12-15,19-20,31-32H,3-4H2,(H2,22,24)(H,34,44)(H,35,45)(H3,23,27,28,33);1-2,6-8,10-11,14-15,19-20,31H,3-5H2,(H2,22,24)(H,33,43)(H,34,44)(H3,23,27,28,32)/t8-,9-,10+,13?,14?,15+,19-,20-,42?,43?;8-,9-,12?,13+,14?,15+,19-,20-,42?,43?;8-,10-,11+,14-,15?,19+,20+,41?,42?/m110/s1. The van der Waals surface area contributed by atoms with Crippen LogP contribution < -0.4 is 51.1 Å². The molecule has 0 spiro atoms. The monoisotopic (exact) mass is 2100 g/mol. The van der Waals surface area contributed by atoms with Crippen LogP contribution in [0.4, 0.5) is 39.3 Å². The number of nitrogens with one attached hydrogen (secondary N) is 3. The van der Waals surface area contributed by atoms with Crippen molar-refractivity contribution in [3.8, 4) is 0 Å². The van der Waals surface area contributed by atoms with Gasteiger partial charge in [-0.15, -0.1) is 0 Å². The Morgan fingerprint density at radius 2 is 0.664 bits per heavy atom. The second-order valence-corrected chi connectivity index (χ2v) is 47.5. The molecule has 11 unspecified atom stereocenters. The first kappa shape index (κ1) is 95.3. The van der Waals surface area contributed by atoms with Crippen LogP contribution >= 0.6 is 52.6 Å². The Kier molecular flexibility index (Phi) is 26.0. The van der Waals surface area contributed by atoms with Gasteiger partial charge in [0.1, 0.15) is 108 Å². The third kappa shape index (κ3) is 18.7. The molecule has 12 aromatic heterocycles.